The lowest BCUT2D eigenvalue weighted by Gasteiger charge is -2.11. The SMILES string of the molecule is Cc1nc(C(C)NC(=O)CCCC(=O)c2ccccc2)cs1. The first-order valence-corrected chi connectivity index (χ1v) is 8.24. The zero-order chi connectivity index (χ0) is 15.9. The maximum absolute atomic E-state index is 11.9. The van der Waals surface area contributed by atoms with Crippen molar-refractivity contribution in [3.8, 4) is 0 Å². The summed E-state index contributed by atoms with van der Waals surface area (Å²) in [6.45, 7) is 3.86. The number of nitrogens with one attached hydrogen (secondary N) is 1. The van der Waals surface area contributed by atoms with Crippen molar-refractivity contribution in [1.29, 1.82) is 0 Å². The molecule has 0 fully saturated rings. The molecule has 0 bridgehead atoms. The van der Waals surface area contributed by atoms with Crippen LogP contribution in [0.15, 0.2) is 35.7 Å². The third-order valence-corrected chi connectivity index (χ3v) is 4.15. The average molecular weight is 316 g/mol. The van der Waals surface area contributed by atoms with Gasteiger partial charge in [-0.15, -0.1) is 11.3 Å². The van der Waals surface area contributed by atoms with E-state index in [4.69, 9.17) is 0 Å². The van der Waals surface area contributed by atoms with Gasteiger partial charge in [0, 0.05) is 23.8 Å². The van der Waals surface area contributed by atoms with Crippen molar-refractivity contribution in [3.05, 3.63) is 52.0 Å². The van der Waals surface area contributed by atoms with Gasteiger partial charge in [-0.1, -0.05) is 30.3 Å². The Kier molecular flexibility index (Phi) is 5.83. The molecule has 0 saturated carbocycles. The topological polar surface area (TPSA) is 59.1 Å². The summed E-state index contributed by atoms with van der Waals surface area (Å²) in [4.78, 5) is 28.2. The van der Waals surface area contributed by atoms with E-state index in [9.17, 15) is 9.59 Å². The third-order valence-electron chi connectivity index (χ3n) is 3.36. The van der Waals surface area contributed by atoms with E-state index in [1.807, 2.05) is 37.4 Å². The molecule has 22 heavy (non-hydrogen) atoms. The first kappa shape index (κ1) is 16.4. The molecular weight excluding hydrogens is 296 g/mol. The molecule has 1 aromatic heterocycles. The van der Waals surface area contributed by atoms with Crippen molar-refractivity contribution < 1.29 is 9.59 Å². The van der Waals surface area contributed by atoms with Crippen LogP contribution >= 0.6 is 11.3 Å². The van der Waals surface area contributed by atoms with E-state index in [1.165, 1.54) is 0 Å². The maximum atomic E-state index is 11.9. The summed E-state index contributed by atoms with van der Waals surface area (Å²) in [5.74, 6) is 0.0376. The lowest BCUT2D eigenvalue weighted by atomic mass is 10.1. The molecule has 1 atom stereocenters. The Balaban J connectivity index is 1.73. The molecule has 4 nitrogen and oxygen atoms in total. The lowest BCUT2D eigenvalue weighted by molar-refractivity contribution is -0.121. The fraction of sp³-hybridized carbons (Fsp3) is 0.353. The molecule has 0 aliphatic rings. The van der Waals surface area contributed by atoms with E-state index >= 15 is 0 Å². The molecule has 1 amide bonds. The number of hydrogen-bond acceptors (Lipinski definition) is 4. The Morgan fingerprint density at radius 1 is 1.23 bits per heavy atom. The molecule has 1 aromatic carbocycles. The van der Waals surface area contributed by atoms with Crippen LogP contribution in [0, 0.1) is 6.92 Å². The quantitative estimate of drug-likeness (QED) is 0.793. The van der Waals surface area contributed by atoms with Crippen molar-refractivity contribution in [2.45, 2.75) is 39.2 Å². The van der Waals surface area contributed by atoms with Crippen LogP contribution in [-0.4, -0.2) is 16.7 Å². The molecule has 2 aromatic rings. The van der Waals surface area contributed by atoms with Crippen LogP contribution in [0.4, 0.5) is 0 Å². The smallest absolute Gasteiger partial charge is 0.220 e. The van der Waals surface area contributed by atoms with Crippen LogP contribution in [0.3, 0.4) is 0 Å². The number of rotatable bonds is 7. The second-order valence-electron chi connectivity index (χ2n) is 5.22. The summed E-state index contributed by atoms with van der Waals surface area (Å²) in [5, 5.41) is 5.86. The Morgan fingerprint density at radius 3 is 2.59 bits per heavy atom. The van der Waals surface area contributed by atoms with Crippen molar-refractivity contribution in [2.75, 3.05) is 0 Å². The van der Waals surface area contributed by atoms with E-state index in [0.717, 1.165) is 10.7 Å². The number of thiazole rings is 1. The van der Waals surface area contributed by atoms with Gasteiger partial charge in [0.25, 0.3) is 0 Å². The minimum atomic E-state index is -0.0951. The molecule has 1 N–H and O–H groups in total. The minimum Gasteiger partial charge on any atom is -0.348 e. The summed E-state index contributed by atoms with van der Waals surface area (Å²) in [6.07, 6.45) is 1.30. The number of carbonyl (C=O) groups is 2. The monoisotopic (exact) mass is 316 g/mol. The van der Waals surface area contributed by atoms with E-state index in [0.29, 0.717) is 24.8 Å². The molecule has 0 saturated heterocycles. The van der Waals surface area contributed by atoms with Gasteiger partial charge in [0.05, 0.1) is 16.7 Å². The first-order chi connectivity index (χ1) is 10.6. The zero-order valence-electron chi connectivity index (χ0n) is 12.8. The van der Waals surface area contributed by atoms with E-state index in [2.05, 4.69) is 10.3 Å². The molecule has 2 rings (SSSR count). The number of Topliss-reactive ketones (excluding diaryl/α,β-unsaturated/α-hetero) is 1. The number of aromatic nitrogens is 1. The highest BCUT2D eigenvalue weighted by Crippen LogP contribution is 2.16. The minimum absolute atomic E-state index is 0.0426. The third kappa shape index (κ3) is 4.77. The van der Waals surface area contributed by atoms with Gasteiger partial charge in [-0.3, -0.25) is 9.59 Å². The predicted octanol–water partition coefficient (Wildman–Crippen LogP) is 3.68. The molecule has 0 aliphatic carbocycles. The fourth-order valence-electron chi connectivity index (χ4n) is 2.14. The first-order valence-electron chi connectivity index (χ1n) is 7.36. The Morgan fingerprint density at radius 2 is 1.95 bits per heavy atom. The lowest BCUT2D eigenvalue weighted by Crippen LogP contribution is -2.26. The van der Waals surface area contributed by atoms with Gasteiger partial charge in [-0.2, -0.15) is 0 Å². The van der Waals surface area contributed by atoms with E-state index < -0.39 is 0 Å². The predicted molar refractivity (Wildman–Crippen MR) is 88.0 cm³/mol. The molecular formula is C17H20N2O2S. The van der Waals surface area contributed by atoms with Gasteiger partial charge in [0.2, 0.25) is 5.91 Å². The Hall–Kier alpha value is -2.01. The number of hydrogen-bond donors (Lipinski definition) is 1. The van der Waals surface area contributed by atoms with Gasteiger partial charge in [-0.05, 0) is 20.3 Å². The molecule has 1 heterocycles. The maximum Gasteiger partial charge on any atom is 0.220 e. The Bertz CT molecular complexity index is 637. The van der Waals surface area contributed by atoms with E-state index in [-0.39, 0.29) is 17.7 Å². The van der Waals surface area contributed by atoms with Crippen LogP contribution in [0.25, 0.3) is 0 Å². The second-order valence-corrected chi connectivity index (χ2v) is 6.29. The number of aryl methyl sites for hydroxylation is 1. The van der Waals surface area contributed by atoms with Gasteiger partial charge in [-0.25, -0.2) is 4.98 Å². The summed E-state index contributed by atoms with van der Waals surface area (Å²) in [6, 6.07) is 9.08. The highest BCUT2D eigenvalue weighted by atomic mass is 32.1. The molecule has 0 radical (unpaired) electrons. The van der Waals surface area contributed by atoms with Crippen LogP contribution in [0.5, 0.6) is 0 Å². The van der Waals surface area contributed by atoms with Gasteiger partial charge in [0.15, 0.2) is 5.78 Å². The second kappa shape index (κ2) is 7.84. The van der Waals surface area contributed by atoms with Crippen molar-refractivity contribution in [3.63, 3.8) is 0 Å². The zero-order valence-corrected chi connectivity index (χ0v) is 13.7. The normalized spacial score (nSPS) is 11.9. The molecule has 0 spiro atoms. The van der Waals surface area contributed by atoms with Gasteiger partial charge in [0.1, 0.15) is 0 Å². The van der Waals surface area contributed by atoms with Crippen molar-refractivity contribution in [1.82, 2.24) is 10.3 Å². The average Bonchev–Trinajstić information content (AvgIpc) is 2.94. The number of ketones is 1. The Labute approximate surface area is 134 Å². The molecule has 5 heteroatoms. The van der Waals surface area contributed by atoms with Crippen LogP contribution < -0.4 is 5.32 Å². The van der Waals surface area contributed by atoms with E-state index in [1.54, 1.807) is 23.5 Å². The number of benzene rings is 1. The molecule has 116 valence electrons. The van der Waals surface area contributed by atoms with Crippen LogP contribution in [0.1, 0.15) is 53.3 Å². The highest BCUT2D eigenvalue weighted by molar-refractivity contribution is 7.09. The van der Waals surface area contributed by atoms with Crippen LogP contribution in [-0.2, 0) is 4.79 Å². The number of amides is 1. The summed E-state index contributed by atoms with van der Waals surface area (Å²) < 4.78 is 0. The number of carbonyl (C=O) groups excluding carboxylic acids is 2. The largest absolute Gasteiger partial charge is 0.348 e. The van der Waals surface area contributed by atoms with Gasteiger partial charge < -0.3 is 5.32 Å². The summed E-state index contributed by atoms with van der Waals surface area (Å²) in [7, 11) is 0. The summed E-state index contributed by atoms with van der Waals surface area (Å²) >= 11 is 1.57. The molecule has 0 aliphatic heterocycles. The fourth-order valence-corrected chi connectivity index (χ4v) is 2.85. The van der Waals surface area contributed by atoms with Crippen molar-refractivity contribution >= 4 is 23.0 Å². The molecule has 1 unspecified atom stereocenters. The standard InChI is InChI=1S/C17H20N2O2S/c1-12(15-11-22-13(2)19-15)18-17(21)10-6-9-16(20)14-7-4-3-5-8-14/h3-5,7-8,11-12H,6,9-10H2,1-2H3,(H,18,21). The van der Waals surface area contributed by atoms with Crippen molar-refractivity contribution in [2.24, 2.45) is 0 Å². The number of nitrogens with zero attached hydrogens (tertiary/aromatic N) is 1. The van der Waals surface area contributed by atoms with Gasteiger partial charge >= 0.3 is 0 Å². The highest BCUT2D eigenvalue weighted by Gasteiger charge is 2.13. The summed E-state index contributed by atoms with van der Waals surface area (Å²) in [5.41, 5.74) is 1.59. The van der Waals surface area contributed by atoms with Crippen LogP contribution in [0.2, 0.25) is 0 Å².